The van der Waals surface area contributed by atoms with Crippen LogP contribution in [0.2, 0.25) is 0 Å². The molecule has 0 aliphatic heterocycles. The van der Waals surface area contributed by atoms with Crippen LogP contribution < -0.4 is 4.74 Å². The van der Waals surface area contributed by atoms with Gasteiger partial charge in [-0.25, -0.2) is 0 Å². The molecule has 0 aromatic heterocycles. The summed E-state index contributed by atoms with van der Waals surface area (Å²) < 4.78 is 5.44. The van der Waals surface area contributed by atoms with Crippen molar-refractivity contribution in [2.45, 2.75) is 25.1 Å². The number of hydrogen-bond acceptors (Lipinski definition) is 2. The van der Waals surface area contributed by atoms with Crippen LogP contribution >= 0.6 is 23.2 Å². The van der Waals surface area contributed by atoms with Crippen molar-refractivity contribution in [1.29, 1.82) is 0 Å². The molecule has 0 heterocycles. The van der Waals surface area contributed by atoms with E-state index in [4.69, 9.17) is 27.9 Å². The van der Waals surface area contributed by atoms with Gasteiger partial charge >= 0.3 is 0 Å². The van der Waals surface area contributed by atoms with E-state index in [-0.39, 0.29) is 5.78 Å². The van der Waals surface area contributed by atoms with Gasteiger partial charge in [0.2, 0.25) is 0 Å². The first-order valence-electron chi connectivity index (χ1n) is 5.06. The third-order valence-electron chi connectivity index (χ3n) is 2.18. The van der Waals surface area contributed by atoms with Gasteiger partial charge in [0, 0.05) is 5.56 Å². The Balaban J connectivity index is 3.05. The summed E-state index contributed by atoms with van der Waals surface area (Å²) in [5.74, 6) is 0.993. The number of hydrogen-bond donors (Lipinski definition) is 0. The predicted molar refractivity (Wildman–Crippen MR) is 66.4 cm³/mol. The van der Waals surface area contributed by atoms with Gasteiger partial charge in [-0.3, -0.25) is 4.79 Å². The number of carbonyl (C=O) groups is 1. The monoisotopic (exact) mass is 260 g/mol. The minimum absolute atomic E-state index is 0.0808. The summed E-state index contributed by atoms with van der Waals surface area (Å²) in [5, 5.41) is -0.622. The Kier molecular flexibility index (Phi) is 5.10. The highest BCUT2D eigenvalue weighted by Gasteiger charge is 2.15. The molecule has 0 N–H and O–H groups in total. The lowest BCUT2D eigenvalue weighted by atomic mass is 10.1. The maximum atomic E-state index is 11.2. The summed E-state index contributed by atoms with van der Waals surface area (Å²) in [6.45, 7) is 3.92. The van der Waals surface area contributed by atoms with Gasteiger partial charge in [0.1, 0.15) is 11.1 Å². The number of carbonyl (C=O) groups excluding carboxylic acids is 1. The molecule has 0 aliphatic rings. The predicted octanol–water partition coefficient (Wildman–Crippen LogP) is 3.69. The molecular formula is C12H14Cl2O2. The standard InChI is InChI=1S/C12H14Cl2O2/c1-3-16-11-6-9(12(14)8(2)15)4-5-10(11)7-13/h4-6,12H,3,7H2,1-2H3. The Bertz CT molecular complexity index is 377. The maximum Gasteiger partial charge on any atom is 0.152 e. The number of rotatable bonds is 5. The van der Waals surface area contributed by atoms with Crippen LogP contribution in [0.25, 0.3) is 0 Å². The highest BCUT2D eigenvalue weighted by molar-refractivity contribution is 6.30. The van der Waals surface area contributed by atoms with Crippen molar-refractivity contribution in [3.63, 3.8) is 0 Å². The van der Waals surface area contributed by atoms with E-state index in [1.807, 2.05) is 13.0 Å². The first-order valence-corrected chi connectivity index (χ1v) is 6.03. The molecule has 0 saturated carbocycles. The molecule has 0 saturated heterocycles. The summed E-state index contributed by atoms with van der Waals surface area (Å²) in [4.78, 5) is 11.2. The molecule has 0 radical (unpaired) electrons. The van der Waals surface area contributed by atoms with Crippen LogP contribution in [-0.4, -0.2) is 12.4 Å². The van der Waals surface area contributed by atoms with Gasteiger partial charge in [-0.1, -0.05) is 12.1 Å². The molecule has 1 rings (SSSR count). The van der Waals surface area contributed by atoms with E-state index in [9.17, 15) is 4.79 Å². The van der Waals surface area contributed by atoms with Crippen LogP contribution in [0, 0.1) is 0 Å². The van der Waals surface area contributed by atoms with Crippen LogP contribution in [-0.2, 0) is 10.7 Å². The van der Waals surface area contributed by atoms with E-state index >= 15 is 0 Å². The van der Waals surface area contributed by atoms with Crippen LogP contribution in [0.15, 0.2) is 18.2 Å². The zero-order chi connectivity index (χ0) is 12.1. The average Bonchev–Trinajstić information content (AvgIpc) is 2.28. The third-order valence-corrected chi connectivity index (χ3v) is 3.03. The van der Waals surface area contributed by atoms with Gasteiger partial charge in [-0.05, 0) is 25.5 Å². The number of benzene rings is 1. The van der Waals surface area contributed by atoms with Crippen LogP contribution in [0.3, 0.4) is 0 Å². The Hall–Kier alpha value is -0.730. The molecule has 4 heteroatoms. The highest BCUT2D eigenvalue weighted by Crippen LogP contribution is 2.28. The first-order chi connectivity index (χ1) is 7.60. The Labute approximate surface area is 106 Å². The van der Waals surface area contributed by atoms with Gasteiger partial charge in [0.15, 0.2) is 5.78 Å². The number of Topliss-reactive ketones (excluding diaryl/α,β-unsaturated/α-hetero) is 1. The fourth-order valence-electron chi connectivity index (χ4n) is 1.36. The summed E-state index contributed by atoms with van der Waals surface area (Å²) in [7, 11) is 0. The minimum Gasteiger partial charge on any atom is -0.494 e. The average molecular weight is 261 g/mol. The molecule has 16 heavy (non-hydrogen) atoms. The Morgan fingerprint density at radius 3 is 2.69 bits per heavy atom. The van der Waals surface area contributed by atoms with Crippen molar-refractivity contribution in [2.75, 3.05) is 6.61 Å². The molecule has 88 valence electrons. The largest absolute Gasteiger partial charge is 0.494 e. The zero-order valence-electron chi connectivity index (χ0n) is 9.30. The van der Waals surface area contributed by atoms with Crippen LogP contribution in [0.4, 0.5) is 0 Å². The molecule has 0 bridgehead atoms. The van der Waals surface area contributed by atoms with E-state index in [0.717, 1.165) is 11.1 Å². The fourth-order valence-corrected chi connectivity index (χ4v) is 1.72. The maximum absolute atomic E-state index is 11.2. The van der Waals surface area contributed by atoms with Crippen LogP contribution in [0.5, 0.6) is 5.75 Å². The zero-order valence-corrected chi connectivity index (χ0v) is 10.8. The van der Waals surface area contributed by atoms with Crippen molar-refractivity contribution >= 4 is 29.0 Å². The third kappa shape index (κ3) is 3.13. The molecule has 0 amide bonds. The normalized spacial score (nSPS) is 12.2. The van der Waals surface area contributed by atoms with Gasteiger partial charge in [-0.2, -0.15) is 0 Å². The fraction of sp³-hybridized carbons (Fsp3) is 0.417. The molecule has 0 aliphatic carbocycles. The lowest BCUT2D eigenvalue weighted by Crippen LogP contribution is -2.03. The molecular weight excluding hydrogens is 247 g/mol. The van der Waals surface area contributed by atoms with Crippen molar-refractivity contribution in [3.8, 4) is 5.75 Å². The van der Waals surface area contributed by atoms with E-state index in [1.165, 1.54) is 6.92 Å². The van der Waals surface area contributed by atoms with Gasteiger partial charge < -0.3 is 4.74 Å². The van der Waals surface area contributed by atoms with Crippen molar-refractivity contribution in [3.05, 3.63) is 29.3 Å². The molecule has 1 aromatic rings. The topological polar surface area (TPSA) is 26.3 Å². The Morgan fingerprint density at radius 1 is 1.50 bits per heavy atom. The molecule has 2 nitrogen and oxygen atoms in total. The quantitative estimate of drug-likeness (QED) is 0.755. The molecule has 1 aromatic carbocycles. The van der Waals surface area contributed by atoms with Gasteiger partial charge in [0.05, 0.1) is 12.5 Å². The second kappa shape index (κ2) is 6.12. The highest BCUT2D eigenvalue weighted by atomic mass is 35.5. The summed E-state index contributed by atoms with van der Waals surface area (Å²) in [6.07, 6.45) is 0. The number of ketones is 1. The second-order valence-electron chi connectivity index (χ2n) is 3.41. The smallest absolute Gasteiger partial charge is 0.152 e. The first kappa shape index (κ1) is 13.3. The van der Waals surface area contributed by atoms with Crippen molar-refractivity contribution in [2.24, 2.45) is 0 Å². The lowest BCUT2D eigenvalue weighted by molar-refractivity contribution is -0.116. The molecule has 1 unspecified atom stereocenters. The second-order valence-corrected chi connectivity index (χ2v) is 4.11. The summed E-state index contributed by atoms with van der Waals surface area (Å²) >= 11 is 11.8. The van der Waals surface area contributed by atoms with E-state index in [2.05, 4.69) is 0 Å². The number of halogens is 2. The summed E-state index contributed by atoms with van der Waals surface area (Å²) in [5.41, 5.74) is 1.64. The van der Waals surface area contributed by atoms with E-state index in [1.54, 1.807) is 12.1 Å². The SMILES string of the molecule is CCOc1cc(C(Cl)C(C)=O)ccc1CCl. The molecule has 1 atom stereocenters. The van der Waals surface area contributed by atoms with Crippen molar-refractivity contribution in [1.82, 2.24) is 0 Å². The summed E-state index contributed by atoms with van der Waals surface area (Å²) in [6, 6.07) is 5.42. The van der Waals surface area contributed by atoms with Crippen LogP contribution in [0.1, 0.15) is 30.4 Å². The van der Waals surface area contributed by atoms with Gasteiger partial charge in [-0.15, -0.1) is 23.2 Å². The Morgan fingerprint density at radius 2 is 2.19 bits per heavy atom. The number of alkyl halides is 2. The van der Waals surface area contributed by atoms with E-state index in [0.29, 0.717) is 18.2 Å². The van der Waals surface area contributed by atoms with E-state index < -0.39 is 5.38 Å². The molecule has 0 spiro atoms. The number of ether oxygens (including phenoxy) is 1. The minimum atomic E-state index is -0.622. The van der Waals surface area contributed by atoms with Crippen molar-refractivity contribution < 1.29 is 9.53 Å². The lowest BCUT2D eigenvalue weighted by Gasteiger charge is -2.12. The van der Waals surface area contributed by atoms with Gasteiger partial charge in [0.25, 0.3) is 0 Å². The molecule has 0 fully saturated rings.